The Balaban J connectivity index is 1.98. The molecule has 4 heteroatoms. The lowest BCUT2D eigenvalue weighted by Crippen LogP contribution is -2.35. The zero-order chi connectivity index (χ0) is 11.6. The molecule has 0 aromatic heterocycles. The van der Waals surface area contributed by atoms with Crippen molar-refractivity contribution in [3.63, 3.8) is 0 Å². The molecule has 1 aliphatic heterocycles. The molecule has 1 fully saturated rings. The first-order valence-corrected chi connectivity index (χ1v) is 6.84. The molecule has 1 rings (SSSR count). The number of halogens is 1. The van der Waals surface area contributed by atoms with Crippen LogP contribution in [0, 0.1) is 5.92 Å². The topological polar surface area (TPSA) is 32.4 Å². The van der Waals surface area contributed by atoms with Crippen molar-refractivity contribution in [3.8, 4) is 0 Å². The van der Waals surface area contributed by atoms with Crippen molar-refractivity contribution in [1.29, 1.82) is 0 Å². The van der Waals surface area contributed by atoms with Gasteiger partial charge in [0.25, 0.3) is 0 Å². The molecule has 1 saturated heterocycles. The first-order valence-electron chi connectivity index (χ1n) is 6.31. The predicted octanol–water partition coefficient (Wildman–Crippen LogP) is 2.16. The van der Waals surface area contributed by atoms with Crippen LogP contribution in [0.15, 0.2) is 0 Å². The van der Waals surface area contributed by atoms with Gasteiger partial charge in [-0.3, -0.25) is 0 Å². The third-order valence-corrected chi connectivity index (χ3v) is 3.37. The van der Waals surface area contributed by atoms with E-state index in [1.807, 2.05) is 0 Å². The molecule has 0 saturated carbocycles. The Morgan fingerprint density at radius 2 is 2.00 bits per heavy atom. The molecule has 95 valence electrons. The normalized spacial score (nSPS) is 19.1. The highest BCUT2D eigenvalue weighted by Gasteiger charge is 2.18. The van der Waals surface area contributed by atoms with E-state index in [-0.39, 0.29) is 6.61 Å². The van der Waals surface area contributed by atoms with Gasteiger partial charge in [0.1, 0.15) is 0 Å². The number of alkyl halides is 1. The quantitative estimate of drug-likeness (QED) is 0.487. The molecule has 0 spiro atoms. The fourth-order valence-corrected chi connectivity index (χ4v) is 2.30. The first-order chi connectivity index (χ1) is 7.86. The lowest BCUT2D eigenvalue weighted by molar-refractivity contribution is 0.105. The van der Waals surface area contributed by atoms with Crippen LogP contribution in [-0.4, -0.2) is 50.2 Å². The van der Waals surface area contributed by atoms with Gasteiger partial charge in [-0.25, -0.2) is 5.11 Å². The van der Waals surface area contributed by atoms with E-state index in [1.165, 1.54) is 12.8 Å². The Morgan fingerprint density at radius 1 is 1.25 bits per heavy atom. The molecule has 1 aliphatic rings. The van der Waals surface area contributed by atoms with E-state index < -0.39 is 0 Å². The molecule has 0 bridgehead atoms. The lowest BCUT2D eigenvalue weighted by Gasteiger charge is -2.31. The minimum absolute atomic E-state index is 0.0617. The van der Waals surface area contributed by atoms with Gasteiger partial charge in [0.2, 0.25) is 0 Å². The molecule has 0 atom stereocenters. The van der Waals surface area contributed by atoms with E-state index in [0.717, 1.165) is 45.0 Å². The summed E-state index contributed by atoms with van der Waals surface area (Å²) in [4.78, 5) is 2.41. The number of likely N-dealkylation sites (tertiary alicyclic amines) is 1. The molecule has 0 N–H and O–H groups in total. The van der Waals surface area contributed by atoms with Crippen molar-refractivity contribution in [2.45, 2.75) is 25.7 Å². The highest BCUT2D eigenvalue weighted by Crippen LogP contribution is 2.20. The second-order valence-electron chi connectivity index (χ2n) is 4.43. The summed E-state index contributed by atoms with van der Waals surface area (Å²) in [6.45, 7) is 4.87. The van der Waals surface area contributed by atoms with Crippen molar-refractivity contribution in [2.75, 3.05) is 45.3 Å². The number of hydrogen-bond donors (Lipinski definition) is 0. The highest BCUT2D eigenvalue weighted by molar-refractivity contribution is 6.17. The number of piperidine rings is 1. The standard InChI is InChI=1S/C12H23ClNO2/c13-5-11-16-10-4-12-2-7-14(8-3-12)6-1-9-15/h12H,1-11H2. The summed E-state index contributed by atoms with van der Waals surface area (Å²) in [7, 11) is 0. The molecular weight excluding hydrogens is 226 g/mol. The molecule has 0 aromatic rings. The van der Waals surface area contributed by atoms with Gasteiger partial charge in [0, 0.05) is 19.0 Å². The Morgan fingerprint density at radius 3 is 2.62 bits per heavy atom. The van der Waals surface area contributed by atoms with E-state index in [0.29, 0.717) is 12.5 Å². The zero-order valence-corrected chi connectivity index (χ0v) is 10.8. The fourth-order valence-electron chi connectivity index (χ4n) is 2.19. The van der Waals surface area contributed by atoms with E-state index in [9.17, 15) is 5.11 Å². The maximum atomic E-state index is 10.4. The van der Waals surface area contributed by atoms with Crippen molar-refractivity contribution < 1.29 is 9.84 Å². The fraction of sp³-hybridized carbons (Fsp3) is 1.00. The SMILES string of the molecule is [O]CCCN1CCC(CCOCCCl)CC1. The Hall–Kier alpha value is 0.170. The van der Waals surface area contributed by atoms with Gasteiger partial charge in [-0.05, 0) is 44.7 Å². The summed E-state index contributed by atoms with van der Waals surface area (Å²) >= 11 is 5.53. The molecule has 0 unspecified atom stereocenters. The molecule has 0 amide bonds. The zero-order valence-electron chi connectivity index (χ0n) is 10.00. The van der Waals surface area contributed by atoms with E-state index >= 15 is 0 Å². The molecule has 1 radical (unpaired) electrons. The number of hydrogen-bond acceptors (Lipinski definition) is 2. The maximum absolute atomic E-state index is 10.4. The summed E-state index contributed by atoms with van der Waals surface area (Å²) in [5.74, 6) is 1.40. The van der Waals surface area contributed by atoms with Crippen LogP contribution in [0.2, 0.25) is 0 Å². The predicted molar refractivity (Wildman–Crippen MR) is 65.5 cm³/mol. The summed E-state index contributed by atoms with van der Waals surface area (Å²) < 4.78 is 5.39. The third-order valence-electron chi connectivity index (χ3n) is 3.22. The molecule has 0 aromatic carbocycles. The van der Waals surface area contributed by atoms with Crippen molar-refractivity contribution in [2.24, 2.45) is 5.92 Å². The molecule has 0 aliphatic carbocycles. The van der Waals surface area contributed by atoms with Gasteiger partial charge in [0.15, 0.2) is 0 Å². The van der Waals surface area contributed by atoms with Crippen molar-refractivity contribution in [3.05, 3.63) is 0 Å². The van der Waals surface area contributed by atoms with Gasteiger partial charge in [-0.2, -0.15) is 0 Å². The van der Waals surface area contributed by atoms with Gasteiger partial charge in [0.05, 0.1) is 13.2 Å². The first kappa shape index (κ1) is 14.2. The molecule has 1 heterocycles. The van der Waals surface area contributed by atoms with Gasteiger partial charge in [-0.1, -0.05) is 0 Å². The minimum Gasteiger partial charge on any atom is -0.380 e. The van der Waals surface area contributed by atoms with Crippen LogP contribution < -0.4 is 0 Å². The van der Waals surface area contributed by atoms with Gasteiger partial charge < -0.3 is 9.64 Å². The van der Waals surface area contributed by atoms with Crippen LogP contribution in [0.1, 0.15) is 25.7 Å². The minimum atomic E-state index is 0.0617. The Kier molecular flexibility index (Phi) is 8.21. The second-order valence-corrected chi connectivity index (χ2v) is 4.81. The largest absolute Gasteiger partial charge is 0.380 e. The summed E-state index contributed by atoms with van der Waals surface area (Å²) in [5, 5.41) is 10.4. The monoisotopic (exact) mass is 248 g/mol. The Labute approximate surface area is 104 Å². The van der Waals surface area contributed by atoms with Gasteiger partial charge >= 0.3 is 0 Å². The van der Waals surface area contributed by atoms with Crippen LogP contribution >= 0.6 is 11.6 Å². The molecular formula is C12H23ClNO2. The van der Waals surface area contributed by atoms with Crippen molar-refractivity contribution >= 4 is 11.6 Å². The Bertz CT molecular complexity index is 161. The average Bonchev–Trinajstić information content (AvgIpc) is 2.33. The van der Waals surface area contributed by atoms with Crippen LogP contribution in [0.3, 0.4) is 0 Å². The van der Waals surface area contributed by atoms with Gasteiger partial charge in [-0.15, -0.1) is 11.6 Å². The smallest absolute Gasteiger partial charge is 0.0834 e. The van der Waals surface area contributed by atoms with E-state index in [1.54, 1.807) is 0 Å². The number of rotatable bonds is 8. The number of nitrogens with zero attached hydrogens (tertiary/aromatic N) is 1. The second kappa shape index (κ2) is 9.23. The number of ether oxygens (including phenoxy) is 1. The summed E-state index contributed by atoms with van der Waals surface area (Å²) in [5.41, 5.74) is 0. The summed E-state index contributed by atoms with van der Waals surface area (Å²) in [6, 6.07) is 0. The maximum Gasteiger partial charge on any atom is 0.0834 e. The van der Waals surface area contributed by atoms with Crippen LogP contribution in [0.5, 0.6) is 0 Å². The average molecular weight is 249 g/mol. The van der Waals surface area contributed by atoms with Crippen LogP contribution in [-0.2, 0) is 9.84 Å². The third kappa shape index (κ3) is 6.04. The van der Waals surface area contributed by atoms with Crippen molar-refractivity contribution in [1.82, 2.24) is 4.90 Å². The van der Waals surface area contributed by atoms with Crippen LogP contribution in [0.4, 0.5) is 0 Å². The lowest BCUT2D eigenvalue weighted by atomic mass is 9.94. The molecule has 16 heavy (non-hydrogen) atoms. The van der Waals surface area contributed by atoms with Crippen LogP contribution in [0.25, 0.3) is 0 Å². The molecule has 3 nitrogen and oxygen atoms in total. The van der Waals surface area contributed by atoms with E-state index in [4.69, 9.17) is 16.3 Å². The summed E-state index contributed by atoms with van der Waals surface area (Å²) in [6.07, 6.45) is 4.46. The van der Waals surface area contributed by atoms with E-state index in [2.05, 4.69) is 4.90 Å². The highest BCUT2D eigenvalue weighted by atomic mass is 35.5.